The monoisotopic (exact) mass is 311 g/mol. The molecule has 8 heteroatoms. The average molecular weight is 311 g/mol. The summed E-state index contributed by atoms with van der Waals surface area (Å²) < 4.78 is 20.0. The van der Waals surface area contributed by atoms with E-state index in [0.29, 0.717) is 17.5 Å². The largest absolute Gasteiger partial charge is 0.379 e. The number of ether oxygens (including phenoxy) is 1. The van der Waals surface area contributed by atoms with Gasteiger partial charge < -0.3 is 10.5 Å². The Morgan fingerprint density at radius 2 is 2.38 bits per heavy atom. The summed E-state index contributed by atoms with van der Waals surface area (Å²) in [5, 5.41) is 11.3. The Labute approximate surface area is 124 Å². The van der Waals surface area contributed by atoms with E-state index in [2.05, 4.69) is 4.99 Å². The van der Waals surface area contributed by atoms with E-state index in [9.17, 15) is 14.5 Å². The molecule has 0 aliphatic carbocycles. The molecule has 0 radical (unpaired) electrons. The Morgan fingerprint density at radius 1 is 1.62 bits per heavy atom. The van der Waals surface area contributed by atoms with Gasteiger partial charge in [-0.1, -0.05) is 11.8 Å². The van der Waals surface area contributed by atoms with E-state index in [1.54, 1.807) is 6.92 Å². The van der Waals surface area contributed by atoms with E-state index < -0.39 is 22.4 Å². The van der Waals surface area contributed by atoms with E-state index in [-0.39, 0.29) is 17.2 Å². The molecule has 112 valence electrons. The summed E-state index contributed by atoms with van der Waals surface area (Å²) in [5.41, 5.74) is 4.87. The van der Waals surface area contributed by atoms with Crippen molar-refractivity contribution in [3.8, 4) is 0 Å². The lowest BCUT2D eigenvalue weighted by molar-refractivity contribution is -0.385. The predicted octanol–water partition coefficient (Wildman–Crippen LogP) is 2.03. The van der Waals surface area contributed by atoms with Crippen molar-refractivity contribution in [1.29, 1.82) is 0 Å². The molecule has 1 saturated heterocycles. The molecule has 1 aromatic rings. The number of aliphatic imine (C=N–C) groups is 1. The number of nitrogens with zero attached hydrogens (tertiary/aromatic N) is 2. The minimum atomic E-state index is -0.981. The Hall–Kier alpha value is -1.67. The molecule has 1 aromatic carbocycles. The van der Waals surface area contributed by atoms with Crippen molar-refractivity contribution in [2.45, 2.75) is 18.6 Å². The van der Waals surface area contributed by atoms with Crippen molar-refractivity contribution in [1.82, 2.24) is 0 Å². The number of nitrogens with two attached hydrogens (primary N) is 1. The summed E-state index contributed by atoms with van der Waals surface area (Å²) in [6, 6.07) is 3.51. The highest BCUT2D eigenvalue weighted by Crippen LogP contribution is 2.49. The molecular weight excluding hydrogens is 297 g/mol. The molecule has 0 saturated carbocycles. The fraction of sp³-hybridized carbons (Fsp3) is 0.462. The molecule has 0 aromatic heterocycles. The number of hydrogen-bond acceptors (Lipinski definition) is 6. The maximum atomic E-state index is 14.4. The molecular formula is C13H14FN3O3S. The van der Waals surface area contributed by atoms with Crippen molar-refractivity contribution in [2.75, 3.05) is 12.4 Å². The molecule has 2 heterocycles. The van der Waals surface area contributed by atoms with Gasteiger partial charge in [-0.15, -0.1) is 0 Å². The molecule has 0 unspecified atom stereocenters. The molecule has 2 N–H and O–H groups in total. The Morgan fingerprint density at radius 3 is 3.10 bits per heavy atom. The minimum absolute atomic E-state index is 0.0543. The highest BCUT2D eigenvalue weighted by atomic mass is 32.2. The highest BCUT2D eigenvalue weighted by molar-refractivity contribution is 8.13. The number of rotatable bonds is 2. The number of non-ortho nitro benzene ring substituents is 1. The number of amidine groups is 1. The number of nitro benzene ring substituents is 1. The zero-order valence-corrected chi connectivity index (χ0v) is 12.1. The second kappa shape index (κ2) is 4.96. The third kappa shape index (κ3) is 2.09. The zero-order valence-electron chi connectivity index (χ0n) is 11.3. The Kier molecular flexibility index (Phi) is 3.37. The van der Waals surface area contributed by atoms with Gasteiger partial charge in [0.05, 0.1) is 17.6 Å². The number of fused-ring (bicyclic) bond motifs is 1. The van der Waals surface area contributed by atoms with Crippen LogP contribution in [0.4, 0.5) is 10.1 Å². The Bertz CT molecular complexity index is 639. The molecule has 0 amide bonds. The summed E-state index contributed by atoms with van der Waals surface area (Å²) in [7, 11) is 0. The fourth-order valence-corrected chi connectivity index (χ4v) is 3.98. The van der Waals surface area contributed by atoms with Crippen LogP contribution in [-0.4, -0.2) is 28.6 Å². The molecule has 6 nitrogen and oxygen atoms in total. The van der Waals surface area contributed by atoms with Crippen molar-refractivity contribution in [3.05, 3.63) is 39.7 Å². The first-order chi connectivity index (χ1) is 9.95. The summed E-state index contributed by atoms with van der Waals surface area (Å²) in [5.74, 6) is 0.0784. The van der Waals surface area contributed by atoms with Crippen molar-refractivity contribution < 1.29 is 14.1 Å². The molecule has 2 aliphatic heterocycles. The lowest BCUT2D eigenvalue weighted by Gasteiger charge is -2.37. The minimum Gasteiger partial charge on any atom is -0.379 e. The summed E-state index contributed by atoms with van der Waals surface area (Å²) in [6.07, 6.45) is -0.390. The van der Waals surface area contributed by atoms with Crippen LogP contribution in [0.15, 0.2) is 23.2 Å². The van der Waals surface area contributed by atoms with Crippen LogP contribution in [0.1, 0.15) is 12.5 Å². The third-order valence-electron chi connectivity index (χ3n) is 4.11. The van der Waals surface area contributed by atoms with Crippen molar-refractivity contribution >= 4 is 22.6 Å². The maximum absolute atomic E-state index is 14.4. The van der Waals surface area contributed by atoms with Gasteiger partial charge in [-0.05, 0) is 13.0 Å². The van der Waals surface area contributed by atoms with Gasteiger partial charge in [-0.2, -0.15) is 0 Å². The van der Waals surface area contributed by atoms with Gasteiger partial charge >= 0.3 is 0 Å². The topological polar surface area (TPSA) is 90.8 Å². The van der Waals surface area contributed by atoms with Crippen LogP contribution >= 0.6 is 11.8 Å². The van der Waals surface area contributed by atoms with Crippen LogP contribution < -0.4 is 5.73 Å². The van der Waals surface area contributed by atoms with Gasteiger partial charge in [0.25, 0.3) is 5.69 Å². The SMILES string of the molecule is C[C@H]1OC[C@H]2CSC(N)=N[C@]21c1cc([N+](=O)[O-])ccc1F. The molecule has 21 heavy (non-hydrogen) atoms. The van der Waals surface area contributed by atoms with E-state index in [1.807, 2.05) is 0 Å². The number of halogens is 1. The van der Waals surface area contributed by atoms with Crippen molar-refractivity contribution in [2.24, 2.45) is 16.6 Å². The molecule has 0 bridgehead atoms. The quantitative estimate of drug-likeness (QED) is 0.666. The van der Waals surface area contributed by atoms with Gasteiger partial charge in [-0.3, -0.25) is 10.1 Å². The fourth-order valence-electron chi connectivity index (χ4n) is 3.04. The first-order valence-electron chi connectivity index (χ1n) is 6.49. The molecule has 0 spiro atoms. The predicted molar refractivity (Wildman–Crippen MR) is 77.7 cm³/mol. The van der Waals surface area contributed by atoms with Crippen LogP contribution in [-0.2, 0) is 10.3 Å². The van der Waals surface area contributed by atoms with Crippen LogP contribution in [0, 0.1) is 21.8 Å². The number of benzene rings is 1. The first kappa shape index (κ1) is 14.3. The first-order valence-corrected chi connectivity index (χ1v) is 7.48. The van der Waals surface area contributed by atoms with E-state index in [1.165, 1.54) is 17.8 Å². The summed E-state index contributed by atoms with van der Waals surface area (Å²) in [6.45, 7) is 2.23. The summed E-state index contributed by atoms with van der Waals surface area (Å²) in [4.78, 5) is 14.9. The second-order valence-corrected chi connectivity index (χ2v) is 6.22. The van der Waals surface area contributed by atoms with Gasteiger partial charge in [0.1, 0.15) is 11.4 Å². The number of thioether (sulfide) groups is 1. The van der Waals surface area contributed by atoms with E-state index in [0.717, 1.165) is 12.1 Å². The highest BCUT2D eigenvalue weighted by Gasteiger charge is 2.54. The van der Waals surface area contributed by atoms with Gasteiger partial charge in [-0.25, -0.2) is 9.38 Å². The third-order valence-corrected chi connectivity index (χ3v) is 5.07. The van der Waals surface area contributed by atoms with Crippen LogP contribution in [0.3, 0.4) is 0 Å². The van der Waals surface area contributed by atoms with E-state index >= 15 is 0 Å². The van der Waals surface area contributed by atoms with Crippen LogP contribution in [0.25, 0.3) is 0 Å². The van der Waals surface area contributed by atoms with Crippen molar-refractivity contribution in [3.63, 3.8) is 0 Å². The van der Waals surface area contributed by atoms with Crippen LogP contribution in [0.2, 0.25) is 0 Å². The second-order valence-electron chi connectivity index (χ2n) is 5.18. The number of nitro groups is 1. The lowest BCUT2D eigenvalue weighted by atomic mass is 9.77. The van der Waals surface area contributed by atoms with Gasteiger partial charge in [0.15, 0.2) is 5.17 Å². The molecule has 3 rings (SSSR count). The van der Waals surface area contributed by atoms with E-state index in [4.69, 9.17) is 10.5 Å². The van der Waals surface area contributed by atoms with Gasteiger partial charge in [0, 0.05) is 29.4 Å². The van der Waals surface area contributed by atoms with Gasteiger partial charge in [0.2, 0.25) is 0 Å². The smallest absolute Gasteiger partial charge is 0.270 e. The lowest BCUT2D eigenvalue weighted by Crippen LogP contribution is -2.44. The Balaban J connectivity index is 2.22. The standard InChI is InChI=1S/C13H14FN3O3S/c1-7-13(8(5-20-7)6-21-12(15)16-13)10-4-9(17(18)19)2-3-11(10)14/h2-4,7-8H,5-6H2,1H3,(H2,15,16)/t7-,8+,13+/m1/s1. The molecule has 2 aliphatic rings. The maximum Gasteiger partial charge on any atom is 0.270 e. The number of hydrogen-bond donors (Lipinski definition) is 1. The summed E-state index contributed by atoms with van der Waals surface area (Å²) >= 11 is 1.40. The normalized spacial score (nSPS) is 31.6. The molecule has 3 atom stereocenters. The van der Waals surface area contributed by atoms with Crippen LogP contribution in [0.5, 0.6) is 0 Å². The molecule has 1 fully saturated rings. The average Bonchev–Trinajstić information content (AvgIpc) is 2.76. The zero-order chi connectivity index (χ0) is 15.2.